The number of hydrazine groups is 1. The van der Waals surface area contributed by atoms with Gasteiger partial charge in [-0.2, -0.15) is 0 Å². The second-order valence-electron chi connectivity index (χ2n) is 4.53. The Morgan fingerprint density at radius 3 is 2.29 bits per heavy atom. The molecule has 1 aliphatic heterocycles. The van der Waals surface area contributed by atoms with Gasteiger partial charge in [0.15, 0.2) is 0 Å². The van der Waals surface area contributed by atoms with Gasteiger partial charge in [0.2, 0.25) is 0 Å². The number of allylic oxidation sites excluding steroid dienone is 2. The van der Waals surface area contributed by atoms with Crippen LogP contribution in [0.3, 0.4) is 0 Å². The SMILES string of the molecule is C=C/C1=C(C=C)/C(NC)=C(/NN)c2ccccc2C(=C)N1. The van der Waals surface area contributed by atoms with E-state index in [0.29, 0.717) is 0 Å². The zero-order valence-electron chi connectivity index (χ0n) is 12.2. The van der Waals surface area contributed by atoms with Gasteiger partial charge in [0.05, 0.1) is 11.4 Å². The van der Waals surface area contributed by atoms with Gasteiger partial charge in [-0.25, -0.2) is 0 Å². The Hall–Kier alpha value is -2.72. The van der Waals surface area contributed by atoms with E-state index in [-0.39, 0.29) is 0 Å². The van der Waals surface area contributed by atoms with Crippen molar-refractivity contribution in [3.05, 3.63) is 84.2 Å². The molecule has 0 spiro atoms. The van der Waals surface area contributed by atoms with Crippen molar-refractivity contribution in [2.24, 2.45) is 5.84 Å². The molecule has 108 valence electrons. The molecule has 0 bridgehead atoms. The van der Waals surface area contributed by atoms with Gasteiger partial charge in [0, 0.05) is 35.1 Å². The fraction of sp³-hybridized carbons (Fsp3) is 0.0588. The summed E-state index contributed by atoms with van der Waals surface area (Å²) in [6, 6.07) is 7.92. The second-order valence-corrected chi connectivity index (χ2v) is 4.53. The van der Waals surface area contributed by atoms with E-state index >= 15 is 0 Å². The van der Waals surface area contributed by atoms with Crippen molar-refractivity contribution in [3.8, 4) is 0 Å². The van der Waals surface area contributed by atoms with Gasteiger partial charge in [0.1, 0.15) is 0 Å². The van der Waals surface area contributed by atoms with Crippen molar-refractivity contribution in [1.29, 1.82) is 0 Å². The van der Waals surface area contributed by atoms with E-state index < -0.39 is 0 Å². The van der Waals surface area contributed by atoms with Crippen LogP contribution < -0.4 is 21.9 Å². The molecule has 1 aliphatic rings. The highest BCUT2D eigenvalue weighted by Crippen LogP contribution is 2.30. The molecule has 0 saturated carbocycles. The first kappa shape index (κ1) is 14.7. The lowest BCUT2D eigenvalue weighted by molar-refractivity contribution is 0.918. The predicted octanol–water partition coefficient (Wildman–Crippen LogP) is 2.24. The smallest absolute Gasteiger partial charge is 0.0805 e. The number of fused-ring (bicyclic) bond motifs is 1. The highest BCUT2D eigenvalue weighted by molar-refractivity contribution is 5.83. The van der Waals surface area contributed by atoms with Crippen LogP contribution in [0.2, 0.25) is 0 Å². The van der Waals surface area contributed by atoms with E-state index in [9.17, 15) is 0 Å². The van der Waals surface area contributed by atoms with Gasteiger partial charge in [-0.3, -0.25) is 5.84 Å². The predicted molar refractivity (Wildman–Crippen MR) is 89.3 cm³/mol. The van der Waals surface area contributed by atoms with Gasteiger partial charge in [-0.05, 0) is 6.08 Å². The fourth-order valence-electron chi connectivity index (χ4n) is 2.45. The lowest BCUT2D eigenvalue weighted by Crippen LogP contribution is -2.29. The zero-order chi connectivity index (χ0) is 15.4. The summed E-state index contributed by atoms with van der Waals surface area (Å²) in [5, 5.41) is 6.47. The van der Waals surface area contributed by atoms with E-state index in [0.717, 1.165) is 39.5 Å². The van der Waals surface area contributed by atoms with Crippen molar-refractivity contribution in [2.75, 3.05) is 7.05 Å². The summed E-state index contributed by atoms with van der Waals surface area (Å²) in [6.07, 6.45) is 3.50. The van der Waals surface area contributed by atoms with Crippen LogP contribution in [-0.2, 0) is 0 Å². The third-order valence-electron chi connectivity index (χ3n) is 3.42. The molecular formula is C17H20N4. The molecule has 0 fully saturated rings. The quantitative estimate of drug-likeness (QED) is 0.504. The number of benzene rings is 1. The third kappa shape index (κ3) is 2.49. The van der Waals surface area contributed by atoms with E-state index in [1.165, 1.54) is 0 Å². The third-order valence-corrected chi connectivity index (χ3v) is 3.42. The Morgan fingerprint density at radius 1 is 1.10 bits per heavy atom. The maximum atomic E-state index is 5.77. The van der Waals surface area contributed by atoms with Crippen LogP contribution in [0.4, 0.5) is 0 Å². The molecule has 4 nitrogen and oxygen atoms in total. The molecule has 1 aromatic carbocycles. The Bertz CT molecular complexity index is 665. The summed E-state index contributed by atoms with van der Waals surface area (Å²) in [5.74, 6) is 5.77. The zero-order valence-corrected chi connectivity index (χ0v) is 12.2. The molecular weight excluding hydrogens is 260 g/mol. The Balaban J connectivity index is 2.87. The van der Waals surface area contributed by atoms with Crippen molar-refractivity contribution >= 4 is 11.4 Å². The Kier molecular flexibility index (Phi) is 4.30. The van der Waals surface area contributed by atoms with Crippen LogP contribution in [0.1, 0.15) is 11.1 Å². The van der Waals surface area contributed by atoms with Crippen LogP contribution in [0, 0.1) is 0 Å². The molecule has 0 aromatic heterocycles. The number of nitrogens with one attached hydrogen (secondary N) is 3. The van der Waals surface area contributed by atoms with Gasteiger partial charge in [-0.1, -0.05) is 50.1 Å². The summed E-state index contributed by atoms with van der Waals surface area (Å²) in [7, 11) is 1.84. The van der Waals surface area contributed by atoms with Crippen LogP contribution >= 0.6 is 0 Å². The highest BCUT2D eigenvalue weighted by Gasteiger charge is 2.20. The maximum absolute atomic E-state index is 5.77. The molecule has 21 heavy (non-hydrogen) atoms. The van der Waals surface area contributed by atoms with E-state index in [4.69, 9.17) is 5.84 Å². The van der Waals surface area contributed by atoms with Gasteiger partial charge >= 0.3 is 0 Å². The van der Waals surface area contributed by atoms with Crippen LogP contribution in [-0.4, -0.2) is 7.05 Å². The second kappa shape index (κ2) is 6.15. The number of hydrogen-bond acceptors (Lipinski definition) is 4. The maximum Gasteiger partial charge on any atom is 0.0805 e. The fourth-order valence-corrected chi connectivity index (χ4v) is 2.45. The number of likely N-dealkylation sites (N-methyl/N-ethyl adjacent to an activating group) is 1. The van der Waals surface area contributed by atoms with Gasteiger partial charge in [-0.15, -0.1) is 0 Å². The average molecular weight is 280 g/mol. The first-order chi connectivity index (χ1) is 10.2. The summed E-state index contributed by atoms with van der Waals surface area (Å²) >= 11 is 0. The topological polar surface area (TPSA) is 62.1 Å². The molecule has 0 radical (unpaired) electrons. The normalized spacial score (nSPS) is 21.5. The van der Waals surface area contributed by atoms with Gasteiger partial charge < -0.3 is 16.1 Å². The number of rotatable bonds is 4. The standard InChI is InChI=1S/C17H20N4/c1-5-12-15(6-2)20-11(3)13-9-7-8-10-14(13)17(21-18)16(12)19-4/h5-10,19-21H,1-3,18H2,4H3/b15-12-,17-16-. The summed E-state index contributed by atoms with van der Waals surface area (Å²) in [6.45, 7) is 11.8. The van der Waals surface area contributed by atoms with E-state index in [1.807, 2.05) is 31.3 Å². The number of nitrogens with two attached hydrogens (primary N) is 1. The highest BCUT2D eigenvalue weighted by atomic mass is 15.2. The molecule has 0 atom stereocenters. The minimum atomic E-state index is 0.780. The minimum absolute atomic E-state index is 0.780. The molecule has 1 heterocycles. The van der Waals surface area contributed by atoms with Crippen LogP contribution in [0.25, 0.3) is 11.4 Å². The van der Waals surface area contributed by atoms with E-state index in [2.05, 4.69) is 35.8 Å². The van der Waals surface area contributed by atoms with Crippen LogP contribution in [0.5, 0.6) is 0 Å². The molecule has 0 saturated heterocycles. The molecule has 0 unspecified atom stereocenters. The van der Waals surface area contributed by atoms with Crippen molar-refractivity contribution in [3.63, 3.8) is 0 Å². The van der Waals surface area contributed by atoms with Gasteiger partial charge in [0.25, 0.3) is 0 Å². The lowest BCUT2D eigenvalue weighted by atomic mass is 9.95. The average Bonchev–Trinajstić information content (AvgIpc) is 2.52. The minimum Gasteiger partial charge on any atom is -0.386 e. The molecule has 5 N–H and O–H groups in total. The molecule has 1 aromatic rings. The van der Waals surface area contributed by atoms with Crippen molar-refractivity contribution in [2.45, 2.75) is 0 Å². The monoisotopic (exact) mass is 280 g/mol. The summed E-state index contributed by atoms with van der Waals surface area (Å²) in [5.41, 5.74) is 8.82. The molecule has 4 heteroatoms. The summed E-state index contributed by atoms with van der Waals surface area (Å²) < 4.78 is 0. The molecule has 0 amide bonds. The first-order valence-electron chi connectivity index (χ1n) is 6.61. The van der Waals surface area contributed by atoms with E-state index in [1.54, 1.807) is 12.2 Å². The Labute approximate surface area is 125 Å². The first-order valence-corrected chi connectivity index (χ1v) is 6.61. The molecule has 2 rings (SSSR count). The number of hydrogen-bond donors (Lipinski definition) is 4. The lowest BCUT2D eigenvalue weighted by Gasteiger charge is -2.25. The Morgan fingerprint density at radius 2 is 1.76 bits per heavy atom. The van der Waals surface area contributed by atoms with Crippen molar-refractivity contribution < 1.29 is 0 Å². The van der Waals surface area contributed by atoms with Crippen molar-refractivity contribution in [1.82, 2.24) is 16.1 Å². The van der Waals surface area contributed by atoms with Crippen LogP contribution in [0.15, 0.2) is 73.1 Å². The molecule has 0 aliphatic carbocycles. The largest absolute Gasteiger partial charge is 0.386 e. The summed E-state index contributed by atoms with van der Waals surface area (Å²) in [4.78, 5) is 0.